The van der Waals surface area contributed by atoms with Gasteiger partial charge < -0.3 is 4.74 Å². The number of carbonyl (C=O) groups is 1. The number of piperidine rings is 1. The van der Waals surface area contributed by atoms with Gasteiger partial charge >= 0.3 is 5.97 Å². The van der Waals surface area contributed by atoms with Crippen LogP contribution in [-0.2, 0) is 22.5 Å². The lowest BCUT2D eigenvalue weighted by atomic mass is 9.75. The van der Waals surface area contributed by atoms with Gasteiger partial charge in [0.25, 0.3) is 0 Å². The molecule has 0 aliphatic carbocycles. The van der Waals surface area contributed by atoms with Gasteiger partial charge in [-0.05, 0) is 63.4 Å². The fraction of sp³-hybridized carbons (Fsp3) is 0.455. The van der Waals surface area contributed by atoms with Gasteiger partial charge in [-0.3, -0.25) is 14.7 Å². The van der Waals surface area contributed by atoms with Gasteiger partial charge in [0, 0.05) is 18.8 Å². The Morgan fingerprint density at radius 1 is 1.26 bits per heavy atom. The Morgan fingerprint density at radius 2 is 2.07 bits per heavy atom. The Balaban J connectivity index is 1.83. The Labute approximate surface area is 160 Å². The summed E-state index contributed by atoms with van der Waals surface area (Å²) in [5.74, 6) is -0.492. The number of hydrogen-bond donors (Lipinski definition) is 0. The molecule has 144 valence electrons. The molecule has 0 N–H and O–H groups in total. The first-order valence-corrected chi connectivity index (χ1v) is 9.58. The van der Waals surface area contributed by atoms with E-state index in [0.29, 0.717) is 38.1 Å². The molecule has 0 spiro atoms. The molecule has 2 heterocycles. The van der Waals surface area contributed by atoms with Crippen LogP contribution < -0.4 is 0 Å². The summed E-state index contributed by atoms with van der Waals surface area (Å²) < 4.78 is 19.7. The molecule has 1 atom stereocenters. The largest absolute Gasteiger partial charge is 0.466 e. The second kappa shape index (κ2) is 8.61. The van der Waals surface area contributed by atoms with E-state index in [1.165, 1.54) is 6.07 Å². The second-order valence-electron chi connectivity index (χ2n) is 7.35. The SMILES string of the molecule is CCOC(=O)C1(Cc2ccccc2F)CCCN(Cc2cccc(C)n2)C1. The number of likely N-dealkylation sites (tertiary alicyclic amines) is 1. The maximum absolute atomic E-state index is 14.3. The first kappa shape index (κ1) is 19.5. The Morgan fingerprint density at radius 3 is 2.81 bits per heavy atom. The number of ether oxygens (including phenoxy) is 1. The number of carbonyl (C=O) groups excluding carboxylic acids is 1. The topological polar surface area (TPSA) is 42.4 Å². The van der Waals surface area contributed by atoms with E-state index in [2.05, 4.69) is 9.88 Å². The fourth-order valence-electron chi connectivity index (χ4n) is 3.95. The van der Waals surface area contributed by atoms with Crippen molar-refractivity contribution in [1.29, 1.82) is 0 Å². The standard InChI is InChI=1S/C22H27FN2O2/c1-3-27-21(26)22(14-18-9-4-5-11-20(18)23)12-7-13-25(16-22)15-19-10-6-8-17(2)24-19/h4-6,8-11H,3,7,12-16H2,1-2H3. The van der Waals surface area contributed by atoms with E-state index < -0.39 is 5.41 Å². The molecule has 1 saturated heterocycles. The number of hydrogen-bond acceptors (Lipinski definition) is 4. The number of aromatic nitrogens is 1. The van der Waals surface area contributed by atoms with Gasteiger partial charge in [-0.1, -0.05) is 24.3 Å². The zero-order valence-corrected chi connectivity index (χ0v) is 16.1. The van der Waals surface area contributed by atoms with E-state index in [4.69, 9.17) is 4.74 Å². The van der Waals surface area contributed by atoms with Crippen LogP contribution in [0.5, 0.6) is 0 Å². The highest BCUT2D eigenvalue weighted by molar-refractivity contribution is 5.77. The smallest absolute Gasteiger partial charge is 0.313 e. The van der Waals surface area contributed by atoms with Gasteiger partial charge in [0.15, 0.2) is 0 Å². The van der Waals surface area contributed by atoms with Crippen LogP contribution in [-0.4, -0.2) is 35.5 Å². The predicted molar refractivity (Wildman–Crippen MR) is 103 cm³/mol. The predicted octanol–water partition coefficient (Wildman–Crippen LogP) is 3.92. The molecule has 2 aromatic rings. The van der Waals surface area contributed by atoms with Gasteiger partial charge in [0.1, 0.15) is 5.82 Å². The van der Waals surface area contributed by atoms with Gasteiger partial charge in [0.2, 0.25) is 0 Å². The van der Waals surface area contributed by atoms with Crippen molar-refractivity contribution in [2.45, 2.75) is 39.7 Å². The molecule has 27 heavy (non-hydrogen) atoms. The van der Waals surface area contributed by atoms with Crippen LogP contribution >= 0.6 is 0 Å². The van der Waals surface area contributed by atoms with Crippen molar-refractivity contribution < 1.29 is 13.9 Å². The van der Waals surface area contributed by atoms with Gasteiger partial charge in [-0.2, -0.15) is 0 Å². The Bertz CT molecular complexity index is 795. The van der Waals surface area contributed by atoms with Gasteiger partial charge in [0.05, 0.1) is 17.7 Å². The van der Waals surface area contributed by atoms with Crippen molar-refractivity contribution in [3.05, 3.63) is 65.2 Å². The highest BCUT2D eigenvalue weighted by Crippen LogP contribution is 2.36. The minimum atomic E-state index is -0.722. The van der Waals surface area contributed by atoms with Crippen molar-refractivity contribution in [3.8, 4) is 0 Å². The van der Waals surface area contributed by atoms with E-state index in [1.807, 2.05) is 38.1 Å². The summed E-state index contributed by atoms with van der Waals surface area (Å²) >= 11 is 0. The summed E-state index contributed by atoms with van der Waals surface area (Å²) in [7, 11) is 0. The summed E-state index contributed by atoms with van der Waals surface area (Å²) in [5, 5.41) is 0. The highest BCUT2D eigenvalue weighted by atomic mass is 19.1. The van der Waals surface area contributed by atoms with Crippen LogP contribution in [0.3, 0.4) is 0 Å². The molecular formula is C22H27FN2O2. The molecular weight excluding hydrogens is 343 g/mol. The third-order valence-electron chi connectivity index (χ3n) is 5.18. The molecule has 0 bridgehead atoms. The lowest BCUT2D eigenvalue weighted by Crippen LogP contribution is -2.49. The van der Waals surface area contributed by atoms with Crippen molar-refractivity contribution in [1.82, 2.24) is 9.88 Å². The van der Waals surface area contributed by atoms with Crippen LogP contribution in [0.2, 0.25) is 0 Å². The summed E-state index contributed by atoms with van der Waals surface area (Å²) in [4.78, 5) is 19.7. The molecule has 1 fully saturated rings. The molecule has 4 nitrogen and oxygen atoms in total. The summed E-state index contributed by atoms with van der Waals surface area (Å²) in [6.45, 7) is 6.24. The normalized spacial score (nSPS) is 20.4. The number of benzene rings is 1. The van der Waals surface area contributed by atoms with E-state index >= 15 is 0 Å². The fourth-order valence-corrected chi connectivity index (χ4v) is 3.95. The zero-order chi connectivity index (χ0) is 19.3. The van der Waals surface area contributed by atoms with Crippen LogP contribution in [0, 0.1) is 18.2 Å². The molecule has 5 heteroatoms. The van der Waals surface area contributed by atoms with Gasteiger partial charge in [-0.25, -0.2) is 4.39 Å². The average Bonchev–Trinajstić information content (AvgIpc) is 2.64. The summed E-state index contributed by atoms with van der Waals surface area (Å²) in [5.41, 5.74) is 1.81. The van der Waals surface area contributed by atoms with Crippen LogP contribution in [0.15, 0.2) is 42.5 Å². The lowest BCUT2D eigenvalue weighted by molar-refractivity contribution is -0.159. The van der Waals surface area contributed by atoms with E-state index in [1.54, 1.807) is 12.1 Å². The quantitative estimate of drug-likeness (QED) is 0.723. The summed E-state index contributed by atoms with van der Waals surface area (Å²) in [6, 6.07) is 12.7. The Hall–Kier alpha value is -2.27. The number of rotatable bonds is 6. The minimum absolute atomic E-state index is 0.227. The molecule has 1 unspecified atom stereocenters. The lowest BCUT2D eigenvalue weighted by Gasteiger charge is -2.41. The first-order chi connectivity index (χ1) is 13.0. The van der Waals surface area contributed by atoms with Crippen LogP contribution in [0.4, 0.5) is 4.39 Å². The Kier molecular flexibility index (Phi) is 6.22. The number of esters is 1. The minimum Gasteiger partial charge on any atom is -0.466 e. The van der Waals surface area contributed by atoms with Crippen molar-refractivity contribution >= 4 is 5.97 Å². The maximum atomic E-state index is 14.3. The third-order valence-corrected chi connectivity index (χ3v) is 5.18. The number of nitrogens with zero attached hydrogens (tertiary/aromatic N) is 2. The maximum Gasteiger partial charge on any atom is 0.313 e. The van der Waals surface area contributed by atoms with Crippen molar-refractivity contribution in [3.63, 3.8) is 0 Å². The third kappa shape index (κ3) is 4.72. The second-order valence-corrected chi connectivity index (χ2v) is 7.35. The molecule has 1 aliphatic rings. The molecule has 1 aromatic heterocycles. The highest BCUT2D eigenvalue weighted by Gasteiger charge is 2.44. The number of halogens is 1. The zero-order valence-electron chi connectivity index (χ0n) is 16.1. The molecule has 0 amide bonds. The number of aryl methyl sites for hydroxylation is 1. The average molecular weight is 370 g/mol. The molecule has 0 saturated carbocycles. The van der Waals surface area contributed by atoms with E-state index in [-0.39, 0.29) is 11.8 Å². The molecule has 0 radical (unpaired) electrons. The monoisotopic (exact) mass is 370 g/mol. The van der Waals surface area contributed by atoms with Gasteiger partial charge in [-0.15, -0.1) is 0 Å². The molecule has 1 aromatic carbocycles. The van der Waals surface area contributed by atoms with Crippen molar-refractivity contribution in [2.24, 2.45) is 5.41 Å². The molecule has 1 aliphatic heterocycles. The first-order valence-electron chi connectivity index (χ1n) is 9.58. The van der Waals surface area contributed by atoms with Crippen LogP contribution in [0.1, 0.15) is 36.7 Å². The number of pyridine rings is 1. The van der Waals surface area contributed by atoms with E-state index in [9.17, 15) is 9.18 Å². The van der Waals surface area contributed by atoms with E-state index in [0.717, 1.165) is 24.4 Å². The van der Waals surface area contributed by atoms with Crippen molar-refractivity contribution in [2.75, 3.05) is 19.7 Å². The summed E-state index contributed by atoms with van der Waals surface area (Å²) in [6.07, 6.45) is 1.94. The molecule has 3 rings (SSSR count). The van der Waals surface area contributed by atoms with Crippen LogP contribution in [0.25, 0.3) is 0 Å².